The summed E-state index contributed by atoms with van der Waals surface area (Å²) in [6.07, 6.45) is 0. The lowest BCUT2D eigenvalue weighted by atomic mass is 10.1. The molecule has 16 heavy (non-hydrogen) atoms. The van der Waals surface area contributed by atoms with Gasteiger partial charge in [-0.05, 0) is 43.0 Å². The minimum atomic E-state index is 0.538. The molecule has 0 aliphatic rings. The van der Waals surface area contributed by atoms with Gasteiger partial charge in [0.25, 0.3) is 0 Å². The largest absolute Gasteiger partial charge is 0.384 e. The van der Waals surface area contributed by atoms with Crippen molar-refractivity contribution in [3.05, 3.63) is 33.3 Å². The van der Waals surface area contributed by atoms with Crippen molar-refractivity contribution in [2.24, 2.45) is 16.6 Å². The Kier molecular flexibility index (Phi) is 4.54. The molecule has 0 unspecified atom stereocenters. The summed E-state index contributed by atoms with van der Waals surface area (Å²) >= 11 is 3.54. The normalized spacial score (nSPS) is 12.2. The molecule has 2 nitrogen and oxygen atoms in total. The van der Waals surface area contributed by atoms with E-state index in [2.05, 4.69) is 60.8 Å². The Morgan fingerprint density at radius 2 is 1.81 bits per heavy atom. The van der Waals surface area contributed by atoms with Crippen LogP contribution in [0.15, 0.2) is 21.6 Å². The first kappa shape index (κ1) is 13.2. The summed E-state index contributed by atoms with van der Waals surface area (Å²) in [4.78, 5) is 4.38. The molecule has 0 heterocycles. The van der Waals surface area contributed by atoms with Crippen molar-refractivity contribution >= 4 is 21.8 Å². The molecule has 0 amide bonds. The standard InChI is InChI=1S/C13H19BrN2/c1-8(2)7-16-13(15)11-5-9(3)12(14)10(4)6-11/h5-6,8H,7H2,1-4H3,(H2,15,16). The van der Waals surface area contributed by atoms with Gasteiger partial charge in [-0.3, -0.25) is 4.99 Å². The van der Waals surface area contributed by atoms with E-state index in [-0.39, 0.29) is 0 Å². The van der Waals surface area contributed by atoms with Crippen molar-refractivity contribution in [3.8, 4) is 0 Å². The van der Waals surface area contributed by atoms with Crippen molar-refractivity contribution in [1.29, 1.82) is 0 Å². The van der Waals surface area contributed by atoms with Crippen molar-refractivity contribution in [1.82, 2.24) is 0 Å². The minimum Gasteiger partial charge on any atom is -0.384 e. The second kappa shape index (κ2) is 5.48. The van der Waals surface area contributed by atoms with E-state index in [0.29, 0.717) is 11.8 Å². The Bertz CT molecular complexity index is 385. The average Bonchev–Trinajstić information content (AvgIpc) is 2.21. The highest BCUT2D eigenvalue weighted by atomic mass is 79.9. The fourth-order valence-electron chi connectivity index (χ4n) is 1.47. The van der Waals surface area contributed by atoms with Crippen LogP contribution in [0.2, 0.25) is 0 Å². The number of nitrogens with zero attached hydrogens (tertiary/aromatic N) is 1. The maximum Gasteiger partial charge on any atom is 0.125 e. The smallest absolute Gasteiger partial charge is 0.125 e. The van der Waals surface area contributed by atoms with Gasteiger partial charge in [0, 0.05) is 16.6 Å². The van der Waals surface area contributed by atoms with Crippen LogP contribution in [0.25, 0.3) is 0 Å². The molecular formula is C13H19BrN2. The molecule has 3 heteroatoms. The molecule has 0 saturated carbocycles. The zero-order valence-electron chi connectivity index (χ0n) is 10.3. The number of amidine groups is 1. The Morgan fingerprint density at radius 3 is 2.25 bits per heavy atom. The molecule has 0 spiro atoms. The van der Waals surface area contributed by atoms with E-state index < -0.39 is 0 Å². The van der Waals surface area contributed by atoms with E-state index in [4.69, 9.17) is 5.73 Å². The number of hydrogen-bond acceptors (Lipinski definition) is 1. The number of aryl methyl sites for hydroxylation is 2. The minimum absolute atomic E-state index is 0.538. The lowest BCUT2D eigenvalue weighted by molar-refractivity contribution is 0.665. The lowest BCUT2D eigenvalue weighted by Gasteiger charge is -2.08. The summed E-state index contributed by atoms with van der Waals surface area (Å²) in [5.41, 5.74) is 9.36. The average molecular weight is 283 g/mol. The fourth-order valence-corrected chi connectivity index (χ4v) is 1.69. The maximum atomic E-state index is 5.97. The molecule has 1 aromatic rings. The van der Waals surface area contributed by atoms with E-state index >= 15 is 0 Å². The Labute approximate surface area is 106 Å². The molecule has 1 aromatic carbocycles. The number of aliphatic imine (C=N–C) groups is 1. The summed E-state index contributed by atoms with van der Waals surface area (Å²) in [5.74, 6) is 1.17. The van der Waals surface area contributed by atoms with Gasteiger partial charge in [-0.1, -0.05) is 29.8 Å². The van der Waals surface area contributed by atoms with E-state index in [9.17, 15) is 0 Å². The summed E-state index contributed by atoms with van der Waals surface area (Å²) in [7, 11) is 0. The zero-order chi connectivity index (χ0) is 12.3. The van der Waals surface area contributed by atoms with Crippen molar-refractivity contribution < 1.29 is 0 Å². The van der Waals surface area contributed by atoms with Crippen LogP contribution in [0.5, 0.6) is 0 Å². The highest BCUT2D eigenvalue weighted by molar-refractivity contribution is 9.10. The Hall–Kier alpha value is -0.830. The quantitative estimate of drug-likeness (QED) is 0.670. The fraction of sp³-hybridized carbons (Fsp3) is 0.462. The molecule has 0 aromatic heterocycles. The lowest BCUT2D eigenvalue weighted by Crippen LogP contribution is -2.15. The van der Waals surface area contributed by atoms with Crippen LogP contribution in [0.1, 0.15) is 30.5 Å². The molecule has 88 valence electrons. The summed E-state index contributed by atoms with van der Waals surface area (Å²) in [6.45, 7) is 9.18. The molecule has 0 saturated heterocycles. The SMILES string of the molecule is Cc1cc(C(N)=NCC(C)C)cc(C)c1Br. The van der Waals surface area contributed by atoms with Gasteiger partial charge in [-0.25, -0.2) is 0 Å². The second-order valence-electron chi connectivity index (χ2n) is 4.54. The van der Waals surface area contributed by atoms with Crippen LogP contribution < -0.4 is 5.73 Å². The van der Waals surface area contributed by atoms with Gasteiger partial charge in [0.1, 0.15) is 5.84 Å². The molecule has 0 bridgehead atoms. The van der Waals surface area contributed by atoms with Gasteiger partial charge in [0.2, 0.25) is 0 Å². The van der Waals surface area contributed by atoms with Crippen LogP contribution in [-0.2, 0) is 0 Å². The molecule has 0 aliphatic heterocycles. The van der Waals surface area contributed by atoms with E-state index in [1.807, 2.05) is 0 Å². The monoisotopic (exact) mass is 282 g/mol. The van der Waals surface area contributed by atoms with Gasteiger partial charge in [-0.15, -0.1) is 0 Å². The summed E-state index contributed by atoms with van der Waals surface area (Å²) in [6, 6.07) is 4.13. The summed E-state index contributed by atoms with van der Waals surface area (Å²) in [5, 5.41) is 0. The van der Waals surface area contributed by atoms with Crippen LogP contribution in [0, 0.1) is 19.8 Å². The van der Waals surface area contributed by atoms with Gasteiger partial charge in [-0.2, -0.15) is 0 Å². The highest BCUT2D eigenvalue weighted by Crippen LogP contribution is 2.22. The first-order chi connectivity index (χ1) is 7.41. The van der Waals surface area contributed by atoms with Gasteiger partial charge in [0.15, 0.2) is 0 Å². The third-order valence-electron chi connectivity index (χ3n) is 2.36. The van der Waals surface area contributed by atoms with Crippen LogP contribution in [0.4, 0.5) is 0 Å². The molecule has 2 N–H and O–H groups in total. The van der Waals surface area contributed by atoms with Gasteiger partial charge < -0.3 is 5.73 Å². The zero-order valence-corrected chi connectivity index (χ0v) is 11.9. The number of hydrogen-bond donors (Lipinski definition) is 1. The van der Waals surface area contributed by atoms with Crippen LogP contribution in [-0.4, -0.2) is 12.4 Å². The number of rotatable bonds is 3. The number of benzene rings is 1. The predicted molar refractivity (Wildman–Crippen MR) is 74.0 cm³/mol. The third-order valence-corrected chi connectivity index (χ3v) is 3.61. The molecule has 0 aliphatic carbocycles. The topological polar surface area (TPSA) is 38.4 Å². The molecule has 0 fully saturated rings. The molecule has 0 atom stereocenters. The number of halogens is 1. The Morgan fingerprint density at radius 1 is 1.31 bits per heavy atom. The van der Waals surface area contributed by atoms with E-state index in [0.717, 1.165) is 16.6 Å². The van der Waals surface area contributed by atoms with Crippen molar-refractivity contribution in [2.45, 2.75) is 27.7 Å². The highest BCUT2D eigenvalue weighted by Gasteiger charge is 2.05. The first-order valence-electron chi connectivity index (χ1n) is 5.49. The molecule has 0 radical (unpaired) electrons. The predicted octanol–water partition coefficient (Wildman–Crippen LogP) is 3.43. The van der Waals surface area contributed by atoms with Crippen LogP contribution >= 0.6 is 15.9 Å². The number of nitrogens with two attached hydrogens (primary N) is 1. The van der Waals surface area contributed by atoms with Gasteiger partial charge >= 0.3 is 0 Å². The first-order valence-corrected chi connectivity index (χ1v) is 6.28. The molecule has 1 rings (SSSR count). The van der Waals surface area contributed by atoms with E-state index in [1.165, 1.54) is 11.1 Å². The summed E-state index contributed by atoms with van der Waals surface area (Å²) < 4.78 is 1.15. The maximum absolute atomic E-state index is 5.97. The van der Waals surface area contributed by atoms with Crippen LogP contribution in [0.3, 0.4) is 0 Å². The van der Waals surface area contributed by atoms with E-state index in [1.54, 1.807) is 0 Å². The van der Waals surface area contributed by atoms with Gasteiger partial charge in [0.05, 0.1) is 0 Å². The van der Waals surface area contributed by atoms with Crippen molar-refractivity contribution in [2.75, 3.05) is 6.54 Å². The third kappa shape index (κ3) is 3.34. The van der Waals surface area contributed by atoms with Crippen molar-refractivity contribution in [3.63, 3.8) is 0 Å². The second-order valence-corrected chi connectivity index (χ2v) is 5.34. The Balaban J connectivity index is 3.01. The molecular weight excluding hydrogens is 264 g/mol.